The molecule has 0 saturated heterocycles. The standard InChI is InChI=1S/C16H24N2O2/c1-20-14-7-8-15-13(12-14)9-11-18(15)16(19)6-4-2-3-5-10-17/h7-8,12H,2-6,9-11,17H2,1H3. The summed E-state index contributed by atoms with van der Waals surface area (Å²) in [6.07, 6.45) is 5.78. The number of unbranched alkanes of at least 4 members (excludes halogenated alkanes) is 3. The zero-order valence-electron chi connectivity index (χ0n) is 12.2. The molecule has 0 saturated carbocycles. The van der Waals surface area contributed by atoms with Gasteiger partial charge in [-0.15, -0.1) is 0 Å². The van der Waals surface area contributed by atoms with Crippen molar-refractivity contribution in [1.29, 1.82) is 0 Å². The van der Waals surface area contributed by atoms with Crippen LogP contribution in [0.2, 0.25) is 0 Å². The summed E-state index contributed by atoms with van der Waals surface area (Å²) in [5.74, 6) is 1.10. The van der Waals surface area contributed by atoms with Crippen molar-refractivity contribution in [3.05, 3.63) is 23.8 Å². The van der Waals surface area contributed by atoms with Gasteiger partial charge in [0.1, 0.15) is 5.75 Å². The molecule has 0 fully saturated rings. The Bertz CT molecular complexity index is 460. The molecule has 4 heteroatoms. The monoisotopic (exact) mass is 276 g/mol. The van der Waals surface area contributed by atoms with Crippen LogP contribution in [-0.4, -0.2) is 26.1 Å². The van der Waals surface area contributed by atoms with Crippen molar-refractivity contribution in [2.24, 2.45) is 5.73 Å². The predicted molar refractivity (Wildman–Crippen MR) is 81.2 cm³/mol. The van der Waals surface area contributed by atoms with E-state index >= 15 is 0 Å². The highest BCUT2D eigenvalue weighted by molar-refractivity contribution is 5.95. The van der Waals surface area contributed by atoms with Gasteiger partial charge in [0.05, 0.1) is 7.11 Å². The van der Waals surface area contributed by atoms with E-state index in [2.05, 4.69) is 0 Å². The zero-order chi connectivity index (χ0) is 14.4. The molecule has 0 unspecified atom stereocenters. The van der Waals surface area contributed by atoms with Gasteiger partial charge >= 0.3 is 0 Å². The van der Waals surface area contributed by atoms with E-state index in [4.69, 9.17) is 10.5 Å². The first-order valence-corrected chi connectivity index (χ1v) is 7.43. The number of amides is 1. The van der Waals surface area contributed by atoms with Gasteiger partial charge in [0.15, 0.2) is 0 Å². The highest BCUT2D eigenvalue weighted by Gasteiger charge is 2.24. The lowest BCUT2D eigenvalue weighted by molar-refractivity contribution is -0.118. The van der Waals surface area contributed by atoms with E-state index in [1.54, 1.807) is 7.11 Å². The van der Waals surface area contributed by atoms with E-state index in [-0.39, 0.29) is 5.91 Å². The number of nitrogens with two attached hydrogens (primary N) is 1. The number of hydrogen-bond acceptors (Lipinski definition) is 3. The van der Waals surface area contributed by atoms with Crippen LogP contribution in [0.5, 0.6) is 5.75 Å². The summed E-state index contributed by atoms with van der Waals surface area (Å²) in [4.78, 5) is 14.2. The zero-order valence-corrected chi connectivity index (χ0v) is 12.2. The molecule has 110 valence electrons. The first-order chi connectivity index (χ1) is 9.76. The average molecular weight is 276 g/mol. The summed E-state index contributed by atoms with van der Waals surface area (Å²) in [5, 5.41) is 0. The molecule has 0 aliphatic carbocycles. The lowest BCUT2D eigenvalue weighted by Crippen LogP contribution is -2.28. The van der Waals surface area contributed by atoms with E-state index < -0.39 is 0 Å². The molecule has 2 rings (SSSR count). The SMILES string of the molecule is COc1ccc2c(c1)CCN2C(=O)CCCCCCN. The number of hydrogen-bond donors (Lipinski definition) is 1. The molecular formula is C16H24N2O2. The third kappa shape index (κ3) is 3.51. The fourth-order valence-corrected chi connectivity index (χ4v) is 2.67. The number of carbonyl (C=O) groups excluding carboxylic acids is 1. The second kappa shape index (κ2) is 7.29. The molecule has 20 heavy (non-hydrogen) atoms. The second-order valence-corrected chi connectivity index (χ2v) is 5.24. The number of methoxy groups -OCH3 is 1. The van der Waals surface area contributed by atoms with E-state index in [0.717, 1.165) is 56.6 Å². The number of fused-ring (bicyclic) bond motifs is 1. The Hall–Kier alpha value is -1.55. The molecule has 1 aromatic carbocycles. The van der Waals surface area contributed by atoms with Crippen LogP contribution in [0.15, 0.2) is 18.2 Å². The Morgan fingerprint density at radius 2 is 2.10 bits per heavy atom. The van der Waals surface area contributed by atoms with Crippen molar-refractivity contribution in [2.75, 3.05) is 25.1 Å². The van der Waals surface area contributed by atoms with E-state index in [1.807, 2.05) is 23.1 Å². The van der Waals surface area contributed by atoms with Crippen LogP contribution >= 0.6 is 0 Å². The Morgan fingerprint density at radius 3 is 2.85 bits per heavy atom. The van der Waals surface area contributed by atoms with Gasteiger partial charge in [-0.1, -0.05) is 12.8 Å². The van der Waals surface area contributed by atoms with Gasteiger partial charge < -0.3 is 15.4 Å². The summed E-state index contributed by atoms with van der Waals surface area (Å²) in [7, 11) is 1.67. The van der Waals surface area contributed by atoms with Crippen LogP contribution in [0.25, 0.3) is 0 Å². The molecule has 1 aromatic rings. The Morgan fingerprint density at radius 1 is 1.30 bits per heavy atom. The first-order valence-electron chi connectivity index (χ1n) is 7.43. The summed E-state index contributed by atoms with van der Waals surface area (Å²) >= 11 is 0. The minimum atomic E-state index is 0.238. The molecule has 0 bridgehead atoms. The minimum absolute atomic E-state index is 0.238. The fourth-order valence-electron chi connectivity index (χ4n) is 2.67. The van der Waals surface area contributed by atoms with Gasteiger partial charge in [0.2, 0.25) is 5.91 Å². The number of nitrogens with zero attached hydrogens (tertiary/aromatic N) is 1. The van der Waals surface area contributed by atoms with Crippen molar-refractivity contribution in [2.45, 2.75) is 38.5 Å². The first kappa shape index (κ1) is 14.9. The number of ether oxygens (including phenoxy) is 1. The molecule has 0 radical (unpaired) electrons. The molecule has 1 aliphatic rings. The molecule has 0 atom stereocenters. The molecule has 1 amide bonds. The maximum atomic E-state index is 12.3. The second-order valence-electron chi connectivity index (χ2n) is 5.24. The number of carbonyl (C=O) groups is 1. The van der Waals surface area contributed by atoms with Crippen LogP contribution in [0.1, 0.15) is 37.7 Å². The van der Waals surface area contributed by atoms with Crippen LogP contribution in [0, 0.1) is 0 Å². The van der Waals surface area contributed by atoms with E-state index in [9.17, 15) is 4.79 Å². The highest BCUT2D eigenvalue weighted by Crippen LogP contribution is 2.31. The Balaban J connectivity index is 1.87. The van der Waals surface area contributed by atoms with Crippen molar-refractivity contribution in [3.63, 3.8) is 0 Å². The highest BCUT2D eigenvalue weighted by atomic mass is 16.5. The largest absolute Gasteiger partial charge is 0.497 e. The number of anilines is 1. The maximum Gasteiger partial charge on any atom is 0.226 e. The smallest absolute Gasteiger partial charge is 0.226 e. The number of rotatable bonds is 7. The third-order valence-corrected chi connectivity index (χ3v) is 3.83. The number of benzene rings is 1. The normalized spacial score (nSPS) is 13.4. The summed E-state index contributed by atoms with van der Waals surface area (Å²) in [5.41, 5.74) is 7.72. The molecule has 1 heterocycles. The van der Waals surface area contributed by atoms with Crippen LogP contribution in [0.4, 0.5) is 5.69 Å². The molecule has 0 spiro atoms. The van der Waals surface area contributed by atoms with E-state index in [0.29, 0.717) is 6.42 Å². The van der Waals surface area contributed by atoms with Gasteiger partial charge in [-0.3, -0.25) is 4.79 Å². The van der Waals surface area contributed by atoms with Gasteiger partial charge in [-0.2, -0.15) is 0 Å². The van der Waals surface area contributed by atoms with Gasteiger partial charge in [0.25, 0.3) is 0 Å². The lowest BCUT2D eigenvalue weighted by atomic mass is 10.1. The average Bonchev–Trinajstić information content (AvgIpc) is 2.89. The third-order valence-electron chi connectivity index (χ3n) is 3.83. The summed E-state index contributed by atoms with van der Waals surface area (Å²) in [6, 6.07) is 5.95. The van der Waals surface area contributed by atoms with Crippen molar-refractivity contribution >= 4 is 11.6 Å². The fraction of sp³-hybridized carbons (Fsp3) is 0.562. The van der Waals surface area contributed by atoms with Crippen molar-refractivity contribution in [1.82, 2.24) is 0 Å². The molecule has 2 N–H and O–H groups in total. The molecule has 1 aliphatic heterocycles. The van der Waals surface area contributed by atoms with Gasteiger partial charge in [0, 0.05) is 18.7 Å². The quantitative estimate of drug-likeness (QED) is 0.778. The Kier molecular flexibility index (Phi) is 5.41. The van der Waals surface area contributed by atoms with Crippen molar-refractivity contribution in [3.8, 4) is 5.75 Å². The Labute approximate surface area is 120 Å². The van der Waals surface area contributed by atoms with Crippen LogP contribution in [-0.2, 0) is 11.2 Å². The minimum Gasteiger partial charge on any atom is -0.497 e. The summed E-state index contributed by atoms with van der Waals surface area (Å²) in [6.45, 7) is 1.54. The van der Waals surface area contributed by atoms with Crippen LogP contribution in [0.3, 0.4) is 0 Å². The molecule has 0 aromatic heterocycles. The van der Waals surface area contributed by atoms with E-state index in [1.165, 1.54) is 5.56 Å². The molecule has 4 nitrogen and oxygen atoms in total. The molecular weight excluding hydrogens is 252 g/mol. The summed E-state index contributed by atoms with van der Waals surface area (Å²) < 4.78 is 5.22. The maximum absolute atomic E-state index is 12.3. The van der Waals surface area contributed by atoms with Gasteiger partial charge in [-0.25, -0.2) is 0 Å². The van der Waals surface area contributed by atoms with Crippen molar-refractivity contribution < 1.29 is 9.53 Å². The lowest BCUT2D eigenvalue weighted by Gasteiger charge is -2.17. The van der Waals surface area contributed by atoms with Crippen LogP contribution < -0.4 is 15.4 Å². The predicted octanol–water partition coefficient (Wildman–Crippen LogP) is 2.49. The topological polar surface area (TPSA) is 55.6 Å². The van der Waals surface area contributed by atoms with Gasteiger partial charge in [-0.05, 0) is 49.6 Å².